The SMILES string of the molecule is CCC=CCC=CC/C=C\CCCCCCCC(CCCCCCCCC=CCCCCCCCC)N(C)C. The fourth-order valence-electron chi connectivity index (χ4n) is 5.29. The Hall–Kier alpha value is -1.08. The molecule has 228 valence electrons. The van der Waals surface area contributed by atoms with E-state index >= 15 is 0 Å². The molecule has 0 aliphatic carbocycles. The molecule has 1 atom stereocenters. The van der Waals surface area contributed by atoms with Gasteiger partial charge >= 0.3 is 0 Å². The predicted octanol–water partition coefficient (Wildman–Crippen LogP) is 12.9. The Morgan fingerprint density at radius 3 is 1.21 bits per heavy atom. The van der Waals surface area contributed by atoms with E-state index in [0.29, 0.717) is 0 Å². The monoisotopic (exact) mass is 542 g/mol. The number of hydrogen-bond acceptors (Lipinski definition) is 1. The Morgan fingerprint density at radius 1 is 0.410 bits per heavy atom. The van der Waals surface area contributed by atoms with Gasteiger partial charge in [0.15, 0.2) is 0 Å². The maximum atomic E-state index is 2.48. The lowest BCUT2D eigenvalue weighted by atomic mass is 9.99. The molecule has 0 amide bonds. The molecule has 39 heavy (non-hydrogen) atoms. The van der Waals surface area contributed by atoms with Crippen molar-refractivity contribution in [2.45, 2.75) is 180 Å². The van der Waals surface area contributed by atoms with Gasteiger partial charge < -0.3 is 4.90 Å². The van der Waals surface area contributed by atoms with Crippen LogP contribution in [0.1, 0.15) is 174 Å². The van der Waals surface area contributed by atoms with Crippen LogP contribution in [0.15, 0.2) is 48.6 Å². The fraction of sp³-hybridized carbons (Fsp3) is 0.789. The highest BCUT2D eigenvalue weighted by atomic mass is 15.1. The first-order valence-corrected chi connectivity index (χ1v) is 17.5. The zero-order chi connectivity index (χ0) is 28.5. The van der Waals surface area contributed by atoms with E-state index in [0.717, 1.165) is 25.3 Å². The first-order chi connectivity index (χ1) is 19.2. The van der Waals surface area contributed by atoms with E-state index in [1.165, 1.54) is 141 Å². The molecule has 0 radical (unpaired) electrons. The average molecular weight is 542 g/mol. The second-order valence-electron chi connectivity index (χ2n) is 12.0. The molecular weight excluding hydrogens is 470 g/mol. The highest BCUT2D eigenvalue weighted by Gasteiger charge is 2.10. The molecule has 0 saturated carbocycles. The van der Waals surface area contributed by atoms with Gasteiger partial charge in [-0.05, 0) is 84.7 Å². The molecule has 0 aliphatic heterocycles. The Balaban J connectivity index is 3.52. The van der Waals surface area contributed by atoms with Crippen LogP contribution in [0, 0.1) is 0 Å². The third-order valence-electron chi connectivity index (χ3n) is 7.97. The van der Waals surface area contributed by atoms with Crippen LogP contribution in [0.25, 0.3) is 0 Å². The fourth-order valence-corrected chi connectivity index (χ4v) is 5.29. The molecule has 0 fully saturated rings. The van der Waals surface area contributed by atoms with Gasteiger partial charge in [-0.3, -0.25) is 0 Å². The molecule has 1 heteroatoms. The standard InChI is InChI=1S/C38H71N/c1-5-7-9-11-13-15-17-19-21-23-25-27-29-31-33-35-37-38(39(3)4)36-34-32-30-28-26-24-22-20-18-16-14-12-10-8-6-2/h8,10,14,16,19-22,38H,5-7,9,11-13,15,17-18,23-37H2,1-4H3/b10-8?,16-14?,21-19?,22-20-. The predicted molar refractivity (Wildman–Crippen MR) is 181 cm³/mol. The lowest BCUT2D eigenvalue weighted by Crippen LogP contribution is -2.27. The van der Waals surface area contributed by atoms with Crippen LogP contribution in [0.5, 0.6) is 0 Å². The van der Waals surface area contributed by atoms with Crippen molar-refractivity contribution in [2.24, 2.45) is 0 Å². The first kappa shape index (κ1) is 37.9. The number of allylic oxidation sites excluding steroid dienone is 8. The molecule has 0 heterocycles. The third kappa shape index (κ3) is 31.3. The van der Waals surface area contributed by atoms with Crippen molar-refractivity contribution in [3.8, 4) is 0 Å². The zero-order valence-electron chi connectivity index (χ0n) is 27.3. The van der Waals surface area contributed by atoms with Crippen LogP contribution >= 0.6 is 0 Å². The van der Waals surface area contributed by atoms with E-state index in [4.69, 9.17) is 0 Å². The normalized spacial score (nSPS) is 13.4. The van der Waals surface area contributed by atoms with Gasteiger partial charge in [-0.15, -0.1) is 0 Å². The second kappa shape index (κ2) is 33.1. The number of unbranched alkanes of at least 4 members (excludes halogenated alkanes) is 17. The van der Waals surface area contributed by atoms with Gasteiger partial charge in [-0.2, -0.15) is 0 Å². The minimum atomic E-state index is 0.787. The molecule has 0 saturated heterocycles. The van der Waals surface area contributed by atoms with Crippen molar-refractivity contribution < 1.29 is 0 Å². The Morgan fingerprint density at radius 2 is 0.769 bits per heavy atom. The summed E-state index contributed by atoms with van der Waals surface area (Å²) < 4.78 is 0. The summed E-state index contributed by atoms with van der Waals surface area (Å²) in [6.45, 7) is 4.48. The summed E-state index contributed by atoms with van der Waals surface area (Å²) in [6, 6.07) is 0.787. The Labute approximate surface area is 247 Å². The van der Waals surface area contributed by atoms with Gasteiger partial charge in [0.1, 0.15) is 0 Å². The summed E-state index contributed by atoms with van der Waals surface area (Å²) in [7, 11) is 4.57. The molecule has 0 spiro atoms. The van der Waals surface area contributed by atoms with Crippen molar-refractivity contribution in [1.29, 1.82) is 0 Å². The van der Waals surface area contributed by atoms with E-state index in [-0.39, 0.29) is 0 Å². The van der Waals surface area contributed by atoms with E-state index in [2.05, 4.69) is 81.5 Å². The van der Waals surface area contributed by atoms with E-state index < -0.39 is 0 Å². The zero-order valence-corrected chi connectivity index (χ0v) is 27.3. The summed E-state index contributed by atoms with van der Waals surface area (Å²) in [5.74, 6) is 0. The molecule has 0 N–H and O–H groups in total. The quantitative estimate of drug-likeness (QED) is 0.0645. The van der Waals surface area contributed by atoms with Gasteiger partial charge in [0.2, 0.25) is 0 Å². The van der Waals surface area contributed by atoms with E-state index in [1.54, 1.807) is 0 Å². The lowest BCUT2D eigenvalue weighted by Gasteiger charge is -2.24. The summed E-state index contributed by atoms with van der Waals surface area (Å²) in [5.41, 5.74) is 0. The third-order valence-corrected chi connectivity index (χ3v) is 7.97. The first-order valence-electron chi connectivity index (χ1n) is 17.5. The minimum absolute atomic E-state index is 0.787. The molecule has 0 aromatic rings. The highest BCUT2D eigenvalue weighted by Crippen LogP contribution is 2.17. The largest absolute Gasteiger partial charge is 0.306 e. The molecule has 1 unspecified atom stereocenters. The topological polar surface area (TPSA) is 3.24 Å². The van der Waals surface area contributed by atoms with E-state index in [1.807, 2.05) is 0 Å². The van der Waals surface area contributed by atoms with Crippen LogP contribution in [0.2, 0.25) is 0 Å². The average Bonchev–Trinajstić information content (AvgIpc) is 2.93. The van der Waals surface area contributed by atoms with Crippen molar-refractivity contribution in [1.82, 2.24) is 4.90 Å². The Bertz CT molecular complexity index is 567. The minimum Gasteiger partial charge on any atom is -0.306 e. The molecule has 1 nitrogen and oxygen atoms in total. The second-order valence-corrected chi connectivity index (χ2v) is 12.0. The maximum absolute atomic E-state index is 2.48. The molecular formula is C38H71N. The van der Waals surface area contributed by atoms with Gasteiger partial charge in [-0.1, -0.05) is 152 Å². The summed E-state index contributed by atoms with van der Waals surface area (Å²) in [6.07, 6.45) is 52.5. The number of rotatable bonds is 30. The number of hydrogen-bond donors (Lipinski definition) is 0. The summed E-state index contributed by atoms with van der Waals surface area (Å²) >= 11 is 0. The van der Waals surface area contributed by atoms with Gasteiger partial charge in [0.25, 0.3) is 0 Å². The summed E-state index contributed by atoms with van der Waals surface area (Å²) in [5, 5.41) is 0. The van der Waals surface area contributed by atoms with Crippen LogP contribution < -0.4 is 0 Å². The van der Waals surface area contributed by atoms with Crippen molar-refractivity contribution in [3.63, 3.8) is 0 Å². The molecule has 0 aromatic heterocycles. The molecule has 0 rings (SSSR count). The van der Waals surface area contributed by atoms with Crippen molar-refractivity contribution >= 4 is 0 Å². The smallest absolute Gasteiger partial charge is 0.00891 e. The van der Waals surface area contributed by atoms with Gasteiger partial charge in [0.05, 0.1) is 0 Å². The molecule has 0 aromatic carbocycles. The molecule has 0 bridgehead atoms. The van der Waals surface area contributed by atoms with Crippen LogP contribution in [-0.2, 0) is 0 Å². The number of nitrogens with zero attached hydrogens (tertiary/aromatic N) is 1. The van der Waals surface area contributed by atoms with E-state index in [9.17, 15) is 0 Å². The lowest BCUT2D eigenvalue weighted by molar-refractivity contribution is 0.251. The summed E-state index contributed by atoms with van der Waals surface area (Å²) in [4.78, 5) is 2.48. The van der Waals surface area contributed by atoms with Crippen LogP contribution in [-0.4, -0.2) is 25.0 Å². The van der Waals surface area contributed by atoms with Crippen molar-refractivity contribution in [2.75, 3.05) is 14.1 Å². The van der Waals surface area contributed by atoms with Gasteiger partial charge in [-0.25, -0.2) is 0 Å². The maximum Gasteiger partial charge on any atom is 0.00891 e. The molecule has 0 aliphatic rings. The Kier molecular flexibility index (Phi) is 32.2. The van der Waals surface area contributed by atoms with Crippen LogP contribution in [0.3, 0.4) is 0 Å². The van der Waals surface area contributed by atoms with Crippen molar-refractivity contribution in [3.05, 3.63) is 48.6 Å². The van der Waals surface area contributed by atoms with Crippen LogP contribution in [0.4, 0.5) is 0 Å². The highest BCUT2D eigenvalue weighted by molar-refractivity contribution is 4.97. The van der Waals surface area contributed by atoms with Gasteiger partial charge in [0, 0.05) is 6.04 Å².